The molecule has 0 heterocycles. The van der Waals surface area contributed by atoms with Gasteiger partial charge in [0.15, 0.2) is 0 Å². The van der Waals surface area contributed by atoms with Gasteiger partial charge in [0.25, 0.3) is 0 Å². The van der Waals surface area contributed by atoms with Crippen LogP contribution in [0.15, 0.2) is 0 Å². The fourth-order valence-electron chi connectivity index (χ4n) is 0. The predicted octanol–water partition coefficient (Wildman–Crippen LogP) is 0.680. The first-order valence-corrected chi connectivity index (χ1v) is 0.996. The Hall–Kier alpha value is 2.06. The molecular weight excluding hydrogens is 244 g/mol. The van der Waals surface area contributed by atoms with Gasteiger partial charge in [0.1, 0.15) is 0 Å². The summed E-state index contributed by atoms with van der Waals surface area (Å²) in [5.74, 6) is 0. The van der Waals surface area contributed by atoms with E-state index in [1.807, 2.05) is 0 Å². The lowest BCUT2D eigenvalue weighted by molar-refractivity contribution is -0.361. The highest BCUT2D eigenvalue weighted by atomic mass is 32.1. The van der Waals surface area contributed by atoms with E-state index in [-0.39, 0.29) is 95.0 Å². The maximum atomic E-state index is 8.93. The van der Waals surface area contributed by atoms with Crippen molar-refractivity contribution in [2.45, 2.75) is 14.4 Å². The van der Waals surface area contributed by atoms with Gasteiger partial charge >= 0.3 is 0 Å². The molecule has 0 spiro atoms. The van der Waals surface area contributed by atoms with Gasteiger partial charge in [-0.3, -0.25) is 0 Å². The minimum absolute atomic E-state index is 0. The molecule has 0 amide bonds. The maximum absolute atomic E-state index is 8.93. The summed E-state index contributed by atoms with van der Waals surface area (Å²) in [6, 6.07) is 0. The lowest BCUT2D eigenvalue weighted by Crippen LogP contribution is -1.97. The van der Waals surface area contributed by atoms with Crippen molar-refractivity contribution in [1.82, 2.24) is 0 Å². The molecule has 0 saturated heterocycles. The van der Waals surface area contributed by atoms with Crippen molar-refractivity contribution in [2.75, 3.05) is 6.61 Å². The highest BCUT2D eigenvalue weighted by Crippen LogP contribution is 1.18. The Labute approximate surface area is 106 Å². The Bertz CT molecular complexity index is 13.0. The van der Waals surface area contributed by atoms with Crippen molar-refractivity contribution in [2.24, 2.45) is 0 Å². The summed E-state index contributed by atoms with van der Waals surface area (Å²) in [6.45, 7) is 1.57. The molecule has 0 fully saturated rings. The lowest BCUT2D eigenvalue weighted by atomic mass is 10.9. The van der Waals surface area contributed by atoms with Crippen LogP contribution in [0.4, 0.5) is 0 Å². The van der Waals surface area contributed by atoms with E-state index < -0.39 is 0 Å². The third-order valence-electron chi connectivity index (χ3n) is 0. The van der Waals surface area contributed by atoms with E-state index in [0.29, 0.717) is 0 Å². The second-order valence-electron chi connectivity index (χ2n) is 0.289. The zero-order valence-electron chi connectivity index (χ0n) is 5.12. The average molecular weight is 266 g/mol. The van der Waals surface area contributed by atoms with Crippen LogP contribution in [0.2, 0.25) is 0 Å². The molecule has 0 radical (unpaired) electrons. The molecule has 0 unspecified atom stereocenters. The predicted molar refractivity (Wildman–Crippen MR) is 79.6 cm³/mol. The summed E-state index contributed by atoms with van der Waals surface area (Å²) in [5.41, 5.74) is 0. The maximum Gasteiger partial charge on any atom is -0.0776 e. The van der Waals surface area contributed by atoms with Crippen LogP contribution in [0.1, 0.15) is 14.4 Å². The van der Waals surface area contributed by atoms with E-state index in [1.54, 1.807) is 6.92 Å². The molecule has 0 rings (SSSR count). The summed E-state index contributed by atoms with van der Waals surface area (Å²) in [4.78, 5) is 0. The number of hydrogen-bond donors (Lipinski definition) is 0. The first-order valence-electron chi connectivity index (χ1n) is 0.996. The molecule has 10 heavy (non-hydrogen) atoms. The summed E-state index contributed by atoms with van der Waals surface area (Å²) in [5, 5.41) is 8.93. The Morgan fingerprint density at radius 3 is 0.800 bits per heavy atom. The molecule has 0 aliphatic heterocycles. The first-order chi connectivity index (χ1) is 1.41. The molecule has 0 aromatic carbocycles. The summed E-state index contributed by atoms with van der Waals surface area (Å²) >= 11 is 0. The fourth-order valence-corrected chi connectivity index (χ4v) is 0. The van der Waals surface area contributed by atoms with Gasteiger partial charge < -0.3 is 5.11 Å². The van der Waals surface area contributed by atoms with Crippen LogP contribution in [0, 0.1) is 0 Å². The van der Waals surface area contributed by atoms with Crippen molar-refractivity contribution in [3.63, 3.8) is 0 Å². The largest absolute Gasteiger partial charge is 0.855 e. The molecule has 0 aromatic heterocycles. The number of hydrogen-bond acceptors (Lipinski definition) is 1. The van der Waals surface area contributed by atoms with Gasteiger partial charge in [-0.25, -0.2) is 0 Å². The van der Waals surface area contributed by atoms with Crippen molar-refractivity contribution >= 4 is 81.0 Å². The van der Waals surface area contributed by atoms with Gasteiger partial charge in [-0.2, -0.15) is 81.0 Å². The molecule has 0 aliphatic carbocycles. The van der Waals surface area contributed by atoms with E-state index in [4.69, 9.17) is 5.11 Å². The molecule has 0 aliphatic rings. The van der Waals surface area contributed by atoms with Crippen LogP contribution in [-0.2, 0) is 0 Å². The van der Waals surface area contributed by atoms with E-state index in [0.717, 1.165) is 0 Å². The normalized spacial score (nSPS) is 1.80. The lowest BCUT2D eigenvalue weighted by Gasteiger charge is -1.79. The van der Waals surface area contributed by atoms with Gasteiger partial charge in [0, 0.05) is 0 Å². The standard InChI is InChI=1S/C2H5O.CH4.6H2S/c1-2-3;;;;;;;/h2H2,1H3;1H4;6*1H2/q-1;;;;;;;. The quantitative estimate of drug-likeness (QED) is 0.632. The molecule has 0 N–H and O–H groups in total. The molecule has 7 heteroatoms. The number of rotatable bonds is 0. The third kappa shape index (κ3) is 195. The fraction of sp³-hybridized carbons (Fsp3) is 1.00. The highest BCUT2D eigenvalue weighted by molar-refractivity contribution is 7.60. The Balaban J connectivity index is -0.000000000952. The van der Waals surface area contributed by atoms with E-state index in [2.05, 4.69) is 0 Å². The highest BCUT2D eigenvalue weighted by Gasteiger charge is 1.16. The molecule has 0 aromatic rings. The zero-order chi connectivity index (χ0) is 2.71. The third-order valence-corrected chi connectivity index (χ3v) is 0. The van der Waals surface area contributed by atoms with Crippen molar-refractivity contribution in [3.05, 3.63) is 0 Å². The zero-order valence-corrected chi connectivity index (χ0v) is 11.1. The van der Waals surface area contributed by atoms with Gasteiger partial charge in [0.05, 0.1) is 0 Å². The molecule has 0 bridgehead atoms. The summed E-state index contributed by atoms with van der Waals surface area (Å²) < 4.78 is 0. The summed E-state index contributed by atoms with van der Waals surface area (Å²) in [6.07, 6.45) is 0. The van der Waals surface area contributed by atoms with Crippen LogP contribution >= 0.6 is 81.0 Å². The Morgan fingerprint density at radius 2 is 0.800 bits per heavy atom. The van der Waals surface area contributed by atoms with Gasteiger partial charge in [-0.05, 0) is 0 Å². The Morgan fingerprint density at radius 1 is 0.800 bits per heavy atom. The molecule has 1 nitrogen and oxygen atoms in total. The molecule has 0 saturated carbocycles. The second-order valence-corrected chi connectivity index (χ2v) is 0.289. The van der Waals surface area contributed by atoms with Gasteiger partial charge in [0.2, 0.25) is 0 Å². The van der Waals surface area contributed by atoms with Crippen LogP contribution in [-0.4, -0.2) is 6.61 Å². The van der Waals surface area contributed by atoms with Crippen molar-refractivity contribution in [3.8, 4) is 0 Å². The van der Waals surface area contributed by atoms with Crippen LogP contribution in [0.25, 0.3) is 0 Å². The SMILES string of the molecule is C.CC[O-].S.S.S.S.S.S. The minimum Gasteiger partial charge on any atom is -0.855 e. The van der Waals surface area contributed by atoms with Crippen molar-refractivity contribution < 1.29 is 5.11 Å². The van der Waals surface area contributed by atoms with Crippen molar-refractivity contribution in [1.29, 1.82) is 0 Å². The minimum atomic E-state index is 0. The Kier molecular flexibility index (Phi) is 1070. The monoisotopic (exact) mass is 265 g/mol. The molecule has 0 atom stereocenters. The topological polar surface area (TPSA) is 23.1 Å². The molecular formula is C3H21OS6-. The van der Waals surface area contributed by atoms with E-state index in [1.165, 1.54) is 0 Å². The van der Waals surface area contributed by atoms with Gasteiger partial charge in [-0.1, -0.05) is 14.4 Å². The van der Waals surface area contributed by atoms with E-state index >= 15 is 0 Å². The van der Waals surface area contributed by atoms with E-state index in [9.17, 15) is 0 Å². The molecule has 76 valence electrons. The second kappa shape index (κ2) is 120. The van der Waals surface area contributed by atoms with Crippen LogP contribution in [0.3, 0.4) is 0 Å². The van der Waals surface area contributed by atoms with Crippen LogP contribution in [0.5, 0.6) is 0 Å². The smallest absolute Gasteiger partial charge is 0.0776 e. The average Bonchev–Trinajstić information content (AvgIpc) is 0.918. The van der Waals surface area contributed by atoms with Crippen LogP contribution < -0.4 is 5.11 Å². The van der Waals surface area contributed by atoms with Gasteiger partial charge in [-0.15, -0.1) is 6.61 Å². The summed E-state index contributed by atoms with van der Waals surface area (Å²) in [7, 11) is 0. The first kappa shape index (κ1) is 89.5.